The van der Waals surface area contributed by atoms with E-state index >= 15 is 0 Å². The second-order valence-electron chi connectivity index (χ2n) is 19.2. The van der Waals surface area contributed by atoms with Crippen LogP contribution in [0.1, 0.15) is 94.9 Å². The van der Waals surface area contributed by atoms with Crippen LogP contribution in [0.4, 0.5) is 0 Å². The third-order valence-corrected chi connectivity index (χ3v) is 11.5. The van der Waals surface area contributed by atoms with Gasteiger partial charge in [-0.3, -0.25) is 4.39 Å². The number of fused-ring (bicyclic) bond motifs is 3. The zero-order valence-electron chi connectivity index (χ0n) is 40.0. The Hall–Kier alpha value is -2.27. The number of hydrogen-bond donors (Lipinski definition) is 0. The van der Waals surface area contributed by atoms with Crippen molar-refractivity contribution < 1.29 is 83.5 Å². The molecule has 5 radical (unpaired) electrons. The maximum Gasteiger partial charge on any atom is 0.909 e. The molecule has 0 aromatic heterocycles. The van der Waals surface area contributed by atoms with Crippen molar-refractivity contribution in [2.75, 3.05) is 79.4 Å². The van der Waals surface area contributed by atoms with Gasteiger partial charge in [-0.05, 0) is 79.9 Å². The molecule has 1 aromatic rings. The normalized spacial score (nSPS) is 25.6. The summed E-state index contributed by atoms with van der Waals surface area (Å²) in [5.41, 5.74) is -0.202. The van der Waals surface area contributed by atoms with E-state index in [1.807, 2.05) is 58.9 Å². The first-order valence-electron chi connectivity index (χ1n) is 22.2. The predicted molar refractivity (Wildman–Crippen MR) is 241 cm³/mol. The van der Waals surface area contributed by atoms with Crippen molar-refractivity contribution in [3.8, 4) is 11.5 Å². The summed E-state index contributed by atoms with van der Waals surface area (Å²) in [4.78, 5) is 21.5. The molecule has 1 atom stereocenters. The van der Waals surface area contributed by atoms with Gasteiger partial charge in [0, 0.05) is 37.9 Å². The number of hydrogen-bond acceptors (Lipinski definition) is 16. The molecule has 25 heteroatoms. The Morgan fingerprint density at radius 2 is 1.22 bits per heavy atom. The highest BCUT2D eigenvalue weighted by Crippen LogP contribution is 2.33. The minimum atomic E-state index is -0.685. The van der Waals surface area contributed by atoms with Gasteiger partial charge in [-0.2, -0.15) is 0 Å². The van der Waals surface area contributed by atoms with Crippen LogP contribution in [0.15, 0.2) is 24.3 Å². The molecular weight excluding hydrogens is 828 g/mol. The van der Waals surface area contributed by atoms with Gasteiger partial charge in [-0.25, -0.2) is 9.59 Å². The lowest BCUT2D eigenvalue weighted by Gasteiger charge is -2.33. The van der Waals surface area contributed by atoms with Crippen molar-refractivity contribution in [2.24, 2.45) is 5.41 Å². The van der Waals surface area contributed by atoms with Crippen LogP contribution in [0.2, 0.25) is 0 Å². The fraction of sp³-hybridized carbons (Fsp3) is 0.795. The van der Waals surface area contributed by atoms with Crippen molar-refractivity contribution in [2.45, 2.75) is 118 Å². The van der Waals surface area contributed by atoms with Gasteiger partial charge in [0.25, 0.3) is 0 Å². The third-order valence-electron chi connectivity index (χ3n) is 11.5. The fourth-order valence-electron chi connectivity index (χ4n) is 6.87. The Morgan fingerprint density at radius 3 is 1.58 bits per heavy atom. The van der Waals surface area contributed by atoms with Gasteiger partial charge < -0.3 is 69.6 Å². The summed E-state index contributed by atoms with van der Waals surface area (Å²) < 4.78 is 71.8. The highest BCUT2D eigenvalue weighted by molar-refractivity contribution is 6.45. The molecule has 0 bridgehead atoms. The molecule has 349 valence electrons. The van der Waals surface area contributed by atoms with Crippen LogP contribution in [0, 0.1) is 5.41 Å². The first-order valence-corrected chi connectivity index (χ1v) is 22.2. The minimum absolute atomic E-state index is 0.0301. The number of likely N-dealkylation sites (N-methyl/N-ethyl adjacent to an activating group) is 1. The fourth-order valence-corrected chi connectivity index (χ4v) is 6.87. The summed E-state index contributed by atoms with van der Waals surface area (Å²) in [6, 6.07) is 7.53. The highest BCUT2D eigenvalue weighted by Gasteiger charge is 2.65. The highest BCUT2D eigenvalue weighted by atomic mass is 16.7. The van der Waals surface area contributed by atoms with Crippen LogP contribution in [-0.2, 0) is 65.4 Å². The Bertz CT molecular complexity index is 1490. The van der Waals surface area contributed by atoms with Crippen molar-refractivity contribution >= 4 is 64.9 Å². The summed E-state index contributed by atoms with van der Waals surface area (Å²) in [5.74, 6) is 0.977. The number of quaternary nitrogens is 2. The molecular formula is C39H68B7N2O16+2. The van der Waals surface area contributed by atoms with Gasteiger partial charge >= 0.3 is 64.9 Å². The lowest BCUT2D eigenvalue weighted by Crippen LogP contribution is -2.52. The van der Waals surface area contributed by atoms with Crippen LogP contribution in [-0.4, -0.2) is 176 Å². The summed E-state index contributed by atoms with van der Waals surface area (Å²) in [5, 5.41) is 0. The number of nitrogens with zero attached hydrogens (tertiary/aromatic N) is 2. The van der Waals surface area contributed by atoms with E-state index < -0.39 is 7.25 Å². The number of carbonyl (C=O) groups is 2. The topological polar surface area (TPSA) is 163 Å². The third kappa shape index (κ3) is 17.4. The van der Waals surface area contributed by atoms with Crippen molar-refractivity contribution in [1.29, 1.82) is 0 Å². The van der Waals surface area contributed by atoms with E-state index in [0.717, 1.165) is 81.5 Å². The molecule has 0 saturated carbocycles. The molecule has 8 saturated heterocycles. The number of unbranched alkanes of at least 4 members (excludes halogenated alkanes) is 1. The molecule has 8 fully saturated rings. The smallest absolute Gasteiger partial charge is 0.524 e. The lowest BCUT2D eigenvalue weighted by molar-refractivity contribution is -0.815. The van der Waals surface area contributed by atoms with Gasteiger partial charge in [0.15, 0.2) is 13.1 Å². The molecule has 0 spiro atoms. The zero-order valence-corrected chi connectivity index (χ0v) is 40.0. The second kappa shape index (κ2) is 25.2. The number of benzene rings is 1. The summed E-state index contributed by atoms with van der Waals surface area (Å²) in [7, 11) is 8.14. The molecule has 9 aliphatic heterocycles. The van der Waals surface area contributed by atoms with Gasteiger partial charge in [-0.1, -0.05) is 39.3 Å². The predicted octanol–water partition coefficient (Wildman–Crippen LogP) is 2.97. The largest absolute Gasteiger partial charge is 0.909 e. The van der Waals surface area contributed by atoms with Crippen LogP contribution >= 0.6 is 0 Å². The van der Waals surface area contributed by atoms with Crippen LogP contribution in [0.25, 0.3) is 0 Å². The number of carbonyl (C=O) groups excluding carboxylic acids is 2. The van der Waals surface area contributed by atoms with E-state index in [4.69, 9.17) is 65.2 Å². The quantitative estimate of drug-likeness (QED) is 0.407. The van der Waals surface area contributed by atoms with E-state index in [-0.39, 0.29) is 58.9 Å². The van der Waals surface area contributed by atoms with Gasteiger partial charge in [0.1, 0.15) is 11.5 Å². The molecule has 18 nitrogen and oxygen atoms in total. The standard InChI is InChI=1S/C8H17BNO2.C6H4BO2.2C6H12BO2.C5H7BNO4.C5H10BO2.C3H6BO2/c1-2-3-4-10-5-7-11-9(10)12-8-6-10;1-2-4-6-5(3-1)8-7-9-6;1-5-4-6(2,3)9-7-8-5;1-5(2)6(3,4)9-7-8-5;1-7-2-4(8)10-6(7)11-5(9)3-7;1-5(2)3-7-6-8-4-5;1-2-5-4-6-3-1/h2-8H2,1H3;1-4H;5H,4H2,1-3H3;1-4H3;2-3H2,1H3;3-4H2,1-2H3;1-3H2/q+1;;;;+1;;. The van der Waals surface area contributed by atoms with E-state index in [1.165, 1.54) is 57.8 Å². The molecule has 0 amide bonds. The second-order valence-corrected chi connectivity index (χ2v) is 19.2. The molecule has 9 aliphatic rings. The van der Waals surface area contributed by atoms with Gasteiger partial charge in [0.2, 0.25) is 0 Å². The Morgan fingerprint density at radius 1 is 0.688 bits per heavy atom. The Balaban J connectivity index is 0.000000165. The first kappa shape index (κ1) is 54.3. The molecule has 1 aromatic carbocycles. The lowest BCUT2D eigenvalue weighted by atomic mass is 9.90. The molecule has 10 rings (SSSR count). The zero-order chi connectivity index (χ0) is 46.9. The van der Waals surface area contributed by atoms with Crippen molar-refractivity contribution in [3.63, 3.8) is 0 Å². The molecule has 9 heterocycles. The van der Waals surface area contributed by atoms with Crippen LogP contribution < -0.4 is 9.31 Å². The van der Waals surface area contributed by atoms with E-state index in [2.05, 4.69) is 34.6 Å². The average Bonchev–Trinajstić information content (AvgIpc) is 4.08. The molecule has 1 unspecified atom stereocenters. The van der Waals surface area contributed by atoms with Crippen molar-refractivity contribution in [1.82, 2.24) is 0 Å². The van der Waals surface area contributed by atoms with Gasteiger partial charge in [0.05, 0.1) is 56.7 Å². The summed E-state index contributed by atoms with van der Waals surface area (Å²) in [6.07, 6.45) is 4.85. The molecule has 0 N–H and O–H groups in total. The van der Waals surface area contributed by atoms with E-state index in [9.17, 15) is 9.59 Å². The number of rotatable bonds is 3. The first-order chi connectivity index (χ1) is 30.2. The maximum absolute atomic E-state index is 10.7. The monoisotopic (exact) mass is 898 g/mol. The average molecular weight is 897 g/mol. The summed E-state index contributed by atoms with van der Waals surface area (Å²) >= 11 is 0. The van der Waals surface area contributed by atoms with Crippen LogP contribution in [0.3, 0.4) is 0 Å². The van der Waals surface area contributed by atoms with E-state index in [1.54, 1.807) is 7.05 Å². The molecule has 0 aliphatic carbocycles. The Labute approximate surface area is 385 Å². The SMILES string of the molecule is CC1(C)CO[B]OC1.CC1(C)O[B]OC1(C)C.CC1CC(C)(C)O[B]O1.CCCC[N+]12CCOB1OCC2.C[N+]12CC(=O)OB1OC(=O)C2.[B]1OCCCO1.[B]1Oc2ccccc2O1. The maximum atomic E-state index is 10.7. The van der Waals surface area contributed by atoms with Crippen molar-refractivity contribution in [3.05, 3.63) is 24.3 Å². The molecule has 64 heavy (non-hydrogen) atoms. The van der Waals surface area contributed by atoms with E-state index in [0.29, 0.717) is 6.10 Å². The van der Waals surface area contributed by atoms with Gasteiger partial charge in [-0.15, -0.1) is 0 Å². The Kier molecular flexibility index (Phi) is 21.4. The van der Waals surface area contributed by atoms with Crippen LogP contribution in [0.5, 0.6) is 11.5 Å². The summed E-state index contributed by atoms with van der Waals surface area (Å²) in [6.45, 7) is 29.6. The minimum Gasteiger partial charge on any atom is -0.524 e. The number of para-hydroxylation sites is 2.